The summed E-state index contributed by atoms with van der Waals surface area (Å²) in [4.78, 5) is 13.9. The van der Waals surface area contributed by atoms with Crippen LogP contribution >= 0.6 is 0 Å². The standard InChI is InChI=1S/C15H21N5O2/c1-9-11(10(2)22-18-9)8-16-12-7-14(21)19(3)15(12)13-5-6-17-20(13)4/h5-6,12,15-16H,7-8H2,1-4H3/t12-,15-/m1/s1. The van der Waals surface area contributed by atoms with Crippen molar-refractivity contribution in [2.45, 2.75) is 38.9 Å². The molecule has 0 aliphatic carbocycles. The van der Waals surface area contributed by atoms with E-state index in [2.05, 4.69) is 15.6 Å². The number of likely N-dealkylation sites (tertiary alicyclic amines) is 1. The second kappa shape index (κ2) is 5.57. The molecule has 1 saturated heterocycles. The molecule has 3 heterocycles. The van der Waals surface area contributed by atoms with Crippen LogP contribution in [0.3, 0.4) is 0 Å². The van der Waals surface area contributed by atoms with Crippen molar-refractivity contribution in [2.24, 2.45) is 7.05 Å². The van der Waals surface area contributed by atoms with Crippen LogP contribution in [0.2, 0.25) is 0 Å². The Bertz CT molecular complexity index is 670. The van der Waals surface area contributed by atoms with Gasteiger partial charge in [-0.2, -0.15) is 5.10 Å². The molecule has 1 N–H and O–H groups in total. The van der Waals surface area contributed by atoms with E-state index in [-0.39, 0.29) is 18.0 Å². The zero-order valence-electron chi connectivity index (χ0n) is 13.3. The molecule has 7 heteroatoms. The molecule has 1 fully saturated rings. The second-order valence-corrected chi connectivity index (χ2v) is 5.82. The molecule has 118 valence electrons. The Balaban J connectivity index is 1.80. The van der Waals surface area contributed by atoms with Gasteiger partial charge in [0.1, 0.15) is 5.76 Å². The molecule has 0 saturated carbocycles. The predicted molar refractivity (Wildman–Crippen MR) is 79.9 cm³/mol. The lowest BCUT2D eigenvalue weighted by atomic mass is 10.0. The largest absolute Gasteiger partial charge is 0.361 e. The summed E-state index contributed by atoms with van der Waals surface area (Å²) >= 11 is 0. The van der Waals surface area contributed by atoms with Gasteiger partial charge in [0.2, 0.25) is 5.91 Å². The lowest BCUT2D eigenvalue weighted by molar-refractivity contribution is -0.127. The molecule has 0 aromatic carbocycles. The number of likely N-dealkylation sites (N-methyl/N-ethyl adjacent to an activating group) is 1. The van der Waals surface area contributed by atoms with E-state index in [1.807, 2.05) is 38.7 Å². The highest BCUT2D eigenvalue weighted by Crippen LogP contribution is 2.31. The van der Waals surface area contributed by atoms with Gasteiger partial charge in [0.15, 0.2) is 0 Å². The fourth-order valence-electron chi connectivity index (χ4n) is 3.12. The van der Waals surface area contributed by atoms with Gasteiger partial charge >= 0.3 is 0 Å². The number of nitrogens with one attached hydrogen (secondary N) is 1. The van der Waals surface area contributed by atoms with Crippen molar-refractivity contribution in [1.82, 2.24) is 25.2 Å². The number of carbonyl (C=O) groups excluding carboxylic acids is 1. The molecule has 1 amide bonds. The normalized spacial score (nSPS) is 21.8. The van der Waals surface area contributed by atoms with Gasteiger partial charge in [-0.1, -0.05) is 5.16 Å². The fraction of sp³-hybridized carbons (Fsp3) is 0.533. The van der Waals surface area contributed by atoms with Gasteiger partial charge in [0, 0.05) is 44.9 Å². The first-order chi connectivity index (χ1) is 10.5. The van der Waals surface area contributed by atoms with Crippen molar-refractivity contribution in [3.63, 3.8) is 0 Å². The van der Waals surface area contributed by atoms with Crippen LogP contribution in [0.25, 0.3) is 0 Å². The maximum Gasteiger partial charge on any atom is 0.224 e. The topological polar surface area (TPSA) is 76.2 Å². The summed E-state index contributed by atoms with van der Waals surface area (Å²) in [5, 5.41) is 11.7. The van der Waals surface area contributed by atoms with Crippen molar-refractivity contribution in [1.29, 1.82) is 0 Å². The van der Waals surface area contributed by atoms with E-state index in [1.165, 1.54) is 0 Å². The number of nitrogens with zero attached hydrogens (tertiary/aromatic N) is 4. The SMILES string of the molecule is Cc1noc(C)c1CN[C@@H]1CC(=O)N(C)[C@H]1c1ccnn1C. The third kappa shape index (κ3) is 2.41. The Morgan fingerprint density at radius 3 is 2.77 bits per heavy atom. The Hall–Kier alpha value is -2.15. The molecular formula is C15H21N5O2. The van der Waals surface area contributed by atoms with Crippen LogP contribution in [0.4, 0.5) is 0 Å². The van der Waals surface area contributed by atoms with E-state index in [1.54, 1.807) is 11.1 Å². The van der Waals surface area contributed by atoms with E-state index in [4.69, 9.17) is 4.52 Å². The fourth-order valence-corrected chi connectivity index (χ4v) is 3.12. The molecule has 7 nitrogen and oxygen atoms in total. The van der Waals surface area contributed by atoms with Crippen LogP contribution in [0.1, 0.15) is 35.2 Å². The molecule has 1 aliphatic heterocycles. The minimum absolute atomic E-state index is 0.0135. The Morgan fingerprint density at radius 2 is 2.18 bits per heavy atom. The summed E-state index contributed by atoms with van der Waals surface area (Å²) in [6, 6.07) is 1.99. The van der Waals surface area contributed by atoms with E-state index >= 15 is 0 Å². The monoisotopic (exact) mass is 303 g/mol. The first kappa shape index (κ1) is 14.8. The van der Waals surface area contributed by atoms with Gasteiger partial charge in [0.05, 0.1) is 17.4 Å². The second-order valence-electron chi connectivity index (χ2n) is 5.82. The van der Waals surface area contributed by atoms with Gasteiger partial charge in [-0.3, -0.25) is 9.48 Å². The molecule has 2 aromatic heterocycles. The van der Waals surface area contributed by atoms with Gasteiger partial charge in [0.25, 0.3) is 0 Å². The Kier molecular flexibility index (Phi) is 3.74. The number of carbonyl (C=O) groups is 1. The van der Waals surface area contributed by atoms with Crippen molar-refractivity contribution in [3.05, 3.63) is 35.0 Å². The van der Waals surface area contributed by atoms with Gasteiger partial charge in [-0.05, 0) is 19.9 Å². The Labute approximate surface area is 129 Å². The average Bonchev–Trinajstić information content (AvgIpc) is 3.10. The molecule has 1 aliphatic rings. The molecule has 0 spiro atoms. The molecular weight excluding hydrogens is 282 g/mol. The molecule has 3 rings (SSSR count). The summed E-state index contributed by atoms with van der Waals surface area (Å²) in [7, 11) is 3.74. The zero-order chi connectivity index (χ0) is 15.9. The number of hydrogen-bond donors (Lipinski definition) is 1. The molecule has 0 radical (unpaired) electrons. The first-order valence-electron chi connectivity index (χ1n) is 7.37. The number of aromatic nitrogens is 3. The van der Waals surface area contributed by atoms with Crippen LogP contribution in [0, 0.1) is 13.8 Å². The van der Waals surface area contributed by atoms with Crippen molar-refractivity contribution in [3.8, 4) is 0 Å². The Morgan fingerprint density at radius 1 is 1.41 bits per heavy atom. The van der Waals surface area contributed by atoms with Gasteiger partial charge in [-0.15, -0.1) is 0 Å². The summed E-state index contributed by atoms with van der Waals surface area (Å²) in [6.07, 6.45) is 2.24. The van der Waals surface area contributed by atoms with Crippen LogP contribution in [-0.2, 0) is 18.4 Å². The third-order valence-corrected chi connectivity index (χ3v) is 4.47. The first-order valence-corrected chi connectivity index (χ1v) is 7.37. The molecule has 22 heavy (non-hydrogen) atoms. The number of aryl methyl sites for hydroxylation is 3. The molecule has 0 unspecified atom stereocenters. The minimum Gasteiger partial charge on any atom is -0.361 e. The molecule has 0 bridgehead atoms. The van der Waals surface area contributed by atoms with Crippen molar-refractivity contribution >= 4 is 5.91 Å². The number of rotatable bonds is 4. The van der Waals surface area contributed by atoms with Crippen LogP contribution in [-0.4, -0.2) is 38.8 Å². The summed E-state index contributed by atoms with van der Waals surface area (Å²) < 4.78 is 7.01. The highest BCUT2D eigenvalue weighted by atomic mass is 16.5. The van der Waals surface area contributed by atoms with Crippen LogP contribution < -0.4 is 5.32 Å². The van der Waals surface area contributed by atoms with E-state index < -0.39 is 0 Å². The minimum atomic E-state index is -0.0135. The number of hydrogen-bond acceptors (Lipinski definition) is 5. The van der Waals surface area contributed by atoms with Crippen molar-refractivity contribution in [2.75, 3.05) is 7.05 Å². The van der Waals surface area contributed by atoms with Crippen molar-refractivity contribution < 1.29 is 9.32 Å². The molecule has 2 aromatic rings. The van der Waals surface area contributed by atoms with E-state index in [0.29, 0.717) is 13.0 Å². The highest BCUT2D eigenvalue weighted by molar-refractivity contribution is 5.80. The van der Waals surface area contributed by atoms with Crippen LogP contribution in [0.15, 0.2) is 16.8 Å². The lowest BCUT2D eigenvalue weighted by Gasteiger charge is -2.25. The van der Waals surface area contributed by atoms with Crippen LogP contribution in [0.5, 0.6) is 0 Å². The quantitative estimate of drug-likeness (QED) is 0.915. The number of amides is 1. The lowest BCUT2D eigenvalue weighted by Crippen LogP contribution is -2.36. The maximum absolute atomic E-state index is 12.1. The van der Waals surface area contributed by atoms with Gasteiger partial charge < -0.3 is 14.7 Å². The smallest absolute Gasteiger partial charge is 0.224 e. The predicted octanol–water partition coefficient (Wildman–Crippen LogP) is 1.09. The maximum atomic E-state index is 12.1. The summed E-state index contributed by atoms with van der Waals surface area (Å²) in [6.45, 7) is 4.47. The van der Waals surface area contributed by atoms with Gasteiger partial charge in [-0.25, -0.2) is 0 Å². The highest BCUT2D eigenvalue weighted by Gasteiger charge is 2.39. The third-order valence-electron chi connectivity index (χ3n) is 4.47. The summed E-state index contributed by atoms with van der Waals surface area (Å²) in [5.74, 6) is 0.960. The van der Waals surface area contributed by atoms with E-state index in [0.717, 1.165) is 22.7 Å². The molecule has 2 atom stereocenters. The van der Waals surface area contributed by atoms with E-state index in [9.17, 15) is 4.79 Å². The zero-order valence-corrected chi connectivity index (χ0v) is 13.3. The summed E-state index contributed by atoms with van der Waals surface area (Å²) in [5.41, 5.74) is 2.98. The average molecular weight is 303 g/mol.